The van der Waals surface area contributed by atoms with Crippen molar-refractivity contribution in [2.24, 2.45) is 0 Å². The van der Waals surface area contributed by atoms with Crippen LogP contribution >= 0.6 is 0 Å². The minimum Gasteiger partial charge on any atom is -0.379 e. The Morgan fingerprint density at radius 2 is 1.50 bits per heavy atom. The highest BCUT2D eigenvalue weighted by atomic mass is 19.4. The van der Waals surface area contributed by atoms with Crippen molar-refractivity contribution in [3.63, 3.8) is 0 Å². The summed E-state index contributed by atoms with van der Waals surface area (Å²) in [7, 11) is -3.67. The third kappa shape index (κ3) is 10.7. The molecule has 0 radical (unpaired) electrons. The number of halogens is 3. The number of ether oxygens (including phenoxy) is 1. The number of nitrogens with one attached hydrogen (secondary N) is 1. The molecule has 0 aliphatic carbocycles. The van der Waals surface area contributed by atoms with E-state index in [9.17, 15) is 12.9 Å². The summed E-state index contributed by atoms with van der Waals surface area (Å²) in [6.45, 7) is 3.83. The van der Waals surface area contributed by atoms with Crippen LogP contribution in [0.2, 0.25) is 0 Å². The van der Waals surface area contributed by atoms with Crippen LogP contribution in [0.3, 0.4) is 0 Å². The molecular formula is C4H9BF3NO. The largest absolute Gasteiger partial charge is 0.762 e. The van der Waals surface area contributed by atoms with Gasteiger partial charge in [0.2, 0.25) is 0 Å². The smallest absolute Gasteiger partial charge is 0.379 e. The zero-order valence-electron chi connectivity index (χ0n) is 5.45. The van der Waals surface area contributed by atoms with Crippen molar-refractivity contribution >= 4 is 7.54 Å². The van der Waals surface area contributed by atoms with Crippen molar-refractivity contribution in [2.75, 3.05) is 26.3 Å². The van der Waals surface area contributed by atoms with Gasteiger partial charge in [-0.3, -0.25) is 12.9 Å². The summed E-state index contributed by atoms with van der Waals surface area (Å²) >= 11 is 0. The quantitative estimate of drug-likeness (QED) is 0.513. The summed E-state index contributed by atoms with van der Waals surface area (Å²) in [6.07, 6.45) is 0. The molecule has 2 nitrogen and oxygen atoms in total. The Balaban J connectivity index is 0.000000180. The highest BCUT2D eigenvalue weighted by Gasteiger charge is 2.06. The molecule has 0 atom stereocenters. The first-order valence-electron chi connectivity index (χ1n) is 2.94. The predicted octanol–water partition coefficient (Wildman–Crippen LogP) is 0.486. The Bertz CT molecular complexity index is 57.3. The molecule has 1 heterocycles. The van der Waals surface area contributed by atoms with Gasteiger partial charge < -0.3 is 10.1 Å². The van der Waals surface area contributed by atoms with Crippen molar-refractivity contribution in [1.82, 2.24) is 5.32 Å². The van der Waals surface area contributed by atoms with Crippen molar-refractivity contribution < 1.29 is 17.7 Å². The minimum absolute atomic E-state index is 0.889. The Hall–Kier alpha value is -0.225. The number of hydrogen-bond acceptors (Lipinski definition) is 2. The molecule has 0 aromatic rings. The van der Waals surface area contributed by atoms with Crippen LogP contribution in [0, 0.1) is 0 Å². The fourth-order valence-electron chi connectivity index (χ4n) is 0.516. The number of rotatable bonds is 0. The van der Waals surface area contributed by atoms with E-state index in [1.165, 1.54) is 0 Å². The van der Waals surface area contributed by atoms with E-state index in [1.807, 2.05) is 0 Å². The summed E-state index contributed by atoms with van der Waals surface area (Å²) < 4.78 is 34.0. The lowest BCUT2D eigenvalue weighted by Crippen LogP contribution is -2.30. The van der Waals surface area contributed by atoms with E-state index in [1.54, 1.807) is 0 Å². The first-order valence-corrected chi connectivity index (χ1v) is 2.94. The van der Waals surface area contributed by atoms with Crippen molar-refractivity contribution in [3.8, 4) is 0 Å². The van der Waals surface area contributed by atoms with Gasteiger partial charge in [-0.15, -0.1) is 0 Å². The van der Waals surface area contributed by atoms with Gasteiger partial charge in [0, 0.05) is 13.1 Å². The molecule has 0 aromatic heterocycles. The molecule has 0 amide bonds. The fourth-order valence-corrected chi connectivity index (χ4v) is 0.516. The minimum atomic E-state index is -3.67. The maximum Gasteiger partial charge on any atom is 0.762 e. The summed E-state index contributed by atoms with van der Waals surface area (Å²) in [4.78, 5) is 0. The standard InChI is InChI=1S/C4H9NO.BF3/c1-3-6-4-2-5-1;2-1(3)4/h5H,1-4H2;. The van der Waals surface area contributed by atoms with Crippen LogP contribution in [0.4, 0.5) is 12.9 Å². The molecule has 6 heteroatoms. The van der Waals surface area contributed by atoms with E-state index in [-0.39, 0.29) is 0 Å². The Morgan fingerprint density at radius 1 is 1.10 bits per heavy atom. The highest BCUT2D eigenvalue weighted by Crippen LogP contribution is 1.80. The lowest BCUT2D eigenvalue weighted by Gasteiger charge is -2.10. The maximum absolute atomic E-state index is 9.67. The van der Waals surface area contributed by atoms with E-state index >= 15 is 0 Å². The molecule has 1 rings (SSSR count). The SMILES string of the molecule is C1COCCN1.FB(F)F. The Morgan fingerprint density at radius 3 is 1.60 bits per heavy atom. The van der Waals surface area contributed by atoms with Crippen molar-refractivity contribution in [2.45, 2.75) is 0 Å². The normalized spacial score (nSPS) is 17.1. The van der Waals surface area contributed by atoms with Gasteiger partial charge in [0.15, 0.2) is 0 Å². The molecule has 1 saturated heterocycles. The fraction of sp³-hybridized carbons (Fsp3) is 1.00. The van der Waals surface area contributed by atoms with Crippen LogP contribution in [0.1, 0.15) is 0 Å². The molecule has 10 heavy (non-hydrogen) atoms. The number of morpholine rings is 1. The maximum atomic E-state index is 9.67. The molecule has 1 aliphatic rings. The van der Waals surface area contributed by atoms with Gasteiger partial charge >= 0.3 is 7.54 Å². The summed E-state index contributed by atoms with van der Waals surface area (Å²) in [5.74, 6) is 0. The van der Waals surface area contributed by atoms with Gasteiger partial charge in [-0.25, -0.2) is 0 Å². The third-order valence-corrected chi connectivity index (χ3v) is 0.846. The zero-order chi connectivity index (χ0) is 7.82. The first kappa shape index (κ1) is 9.77. The Kier molecular flexibility index (Phi) is 6.73. The van der Waals surface area contributed by atoms with E-state index < -0.39 is 7.54 Å². The predicted molar refractivity (Wildman–Crippen MR) is 32.8 cm³/mol. The first-order chi connectivity index (χ1) is 4.73. The third-order valence-electron chi connectivity index (χ3n) is 0.846. The molecule has 1 N–H and O–H groups in total. The van der Waals surface area contributed by atoms with Crippen molar-refractivity contribution in [1.29, 1.82) is 0 Å². The molecule has 60 valence electrons. The zero-order valence-corrected chi connectivity index (χ0v) is 5.45. The second-order valence-electron chi connectivity index (χ2n) is 1.61. The van der Waals surface area contributed by atoms with Crippen LogP contribution < -0.4 is 5.32 Å². The van der Waals surface area contributed by atoms with E-state index in [4.69, 9.17) is 4.74 Å². The average Bonchev–Trinajstić information content (AvgIpc) is 1.90. The summed E-state index contributed by atoms with van der Waals surface area (Å²) in [5, 5.41) is 3.16. The van der Waals surface area contributed by atoms with Crippen LogP contribution in [0.5, 0.6) is 0 Å². The molecule has 0 unspecified atom stereocenters. The van der Waals surface area contributed by atoms with Gasteiger partial charge in [-0.2, -0.15) is 0 Å². The second-order valence-corrected chi connectivity index (χ2v) is 1.61. The molecule has 0 bridgehead atoms. The highest BCUT2D eigenvalue weighted by molar-refractivity contribution is 6.33. The van der Waals surface area contributed by atoms with Crippen LogP contribution in [-0.4, -0.2) is 33.8 Å². The topological polar surface area (TPSA) is 21.3 Å². The summed E-state index contributed by atoms with van der Waals surface area (Å²) in [5.41, 5.74) is 0. The molecule has 1 fully saturated rings. The average molecular weight is 155 g/mol. The van der Waals surface area contributed by atoms with E-state index in [0.29, 0.717) is 0 Å². The molecule has 1 aliphatic heterocycles. The summed E-state index contributed by atoms with van der Waals surface area (Å²) in [6, 6.07) is 0. The van der Waals surface area contributed by atoms with Gasteiger partial charge in [0.05, 0.1) is 13.2 Å². The van der Waals surface area contributed by atoms with Gasteiger partial charge in [-0.05, 0) is 0 Å². The molecular weight excluding hydrogens is 146 g/mol. The van der Waals surface area contributed by atoms with Crippen LogP contribution in [-0.2, 0) is 4.74 Å². The monoisotopic (exact) mass is 155 g/mol. The van der Waals surface area contributed by atoms with Crippen LogP contribution in [0.25, 0.3) is 0 Å². The molecule has 0 spiro atoms. The second kappa shape index (κ2) is 6.89. The van der Waals surface area contributed by atoms with Crippen molar-refractivity contribution in [3.05, 3.63) is 0 Å². The van der Waals surface area contributed by atoms with E-state index in [2.05, 4.69) is 5.32 Å². The van der Waals surface area contributed by atoms with Gasteiger partial charge in [0.1, 0.15) is 0 Å². The van der Waals surface area contributed by atoms with Gasteiger partial charge in [-0.1, -0.05) is 0 Å². The number of hydrogen-bond donors (Lipinski definition) is 1. The molecule has 0 aromatic carbocycles. The lowest BCUT2D eigenvalue weighted by molar-refractivity contribution is 0.109. The van der Waals surface area contributed by atoms with E-state index in [0.717, 1.165) is 26.3 Å². The molecule has 0 saturated carbocycles. The van der Waals surface area contributed by atoms with Crippen LogP contribution in [0.15, 0.2) is 0 Å². The van der Waals surface area contributed by atoms with Gasteiger partial charge in [0.25, 0.3) is 0 Å². The lowest BCUT2D eigenvalue weighted by atomic mass is 10.5. The Labute approximate surface area is 58.0 Å².